The van der Waals surface area contributed by atoms with Crippen molar-refractivity contribution in [2.45, 2.75) is 23.9 Å². The highest BCUT2D eigenvalue weighted by atomic mass is 32.2. The zero-order chi connectivity index (χ0) is 25.6. The Morgan fingerprint density at radius 3 is 2.11 bits per heavy atom. The minimum atomic E-state index is -3.73. The number of carbonyl (C=O) groups is 1. The number of piperazine rings is 1. The van der Waals surface area contributed by atoms with Crippen molar-refractivity contribution < 1.29 is 13.2 Å². The highest BCUT2D eigenvalue weighted by Gasteiger charge is 2.41. The van der Waals surface area contributed by atoms with Crippen LogP contribution in [0.15, 0.2) is 95.9 Å². The largest absolute Gasteiger partial charge is 0.336 e. The number of hydrogen-bond acceptors (Lipinski definition) is 4. The monoisotopic (exact) mass is 511 g/mol. The standard InChI is InChI=1S/C30H29N3O3S/c1-21-13-15-23(16-14-21)30(34)33-19-17-32(18-20-33)29-26-12-6-8-22-7-5-11-25(27(22)26)28(29)31-37(35,36)24-9-3-2-4-10-24/h2-16,28-29,31H,17-20H2,1H3/t28-,29+/m0/s1. The van der Waals surface area contributed by atoms with E-state index >= 15 is 0 Å². The second-order valence-corrected chi connectivity index (χ2v) is 11.6. The summed E-state index contributed by atoms with van der Waals surface area (Å²) >= 11 is 0. The molecule has 188 valence electrons. The molecule has 7 heteroatoms. The average molecular weight is 512 g/mol. The lowest BCUT2D eigenvalue weighted by atomic mass is 10.0. The smallest absolute Gasteiger partial charge is 0.253 e. The van der Waals surface area contributed by atoms with Crippen molar-refractivity contribution in [1.82, 2.24) is 14.5 Å². The van der Waals surface area contributed by atoms with E-state index in [2.05, 4.69) is 27.8 Å². The molecule has 1 N–H and O–H groups in total. The molecule has 6 rings (SSSR count). The molecule has 4 aromatic rings. The highest BCUT2D eigenvalue weighted by molar-refractivity contribution is 7.89. The maximum absolute atomic E-state index is 13.4. The van der Waals surface area contributed by atoms with Gasteiger partial charge in [0.05, 0.1) is 17.0 Å². The Kier molecular flexibility index (Phi) is 6.07. The first kappa shape index (κ1) is 23.9. The summed E-state index contributed by atoms with van der Waals surface area (Å²) in [4.78, 5) is 17.6. The molecule has 0 bridgehead atoms. The van der Waals surface area contributed by atoms with Crippen molar-refractivity contribution in [2.24, 2.45) is 0 Å². The Bertz CT molecular complexity index is 1560. The minimum absolute atomic E-state index is 0.0396. The molecule has 1 aliphatic carbocycles. The Balaban J connectivity index is 1.30. The molecule has 0 saturated carbocycles. The predicted molar refractivity (Wildman–Crippen MR) is 145 cm³/mol. The maximum atomic E-state index is 13.4. The Labute approximate surface area is 217 Å². The number of amides is 1. The molecule has 1 fully saturated rings. The summed E-state index contributed by atoms with van der Waals surface area (Å²) in [5, 5.41) is 2.23. The van der Waals surface area contributed by atoms with Crippen LogP contribution < -0.4 is 4.72 Å². The first-order valence-electron chi connectivity index (χ1n) is 12.6. The van der Waals surface area contributed by atoms with Crippen LogP contribution in [0.25, 0.3) is 10.8 Å². The van der Waals surface area contributed by atoms with Crippen molar-refractivity contribution in [1.29, 1.82) is 0 Å². The fourth-order valence-corrected chi connectivity index (χ4v) is 6.95. The van der Waals surface area contributed by atoms with Crippen LogP contribution in [0, 0.1) is 6.92 Å². The van der Waals surface area contributed by atoms with Crippen molar-refractivity contribution in [3.8, 4) is 0 Å². The number of benzene rings is 4. The van der Waals surface area contributed by atoms with Gasteiger partial charge in [0.2, 0.25) is 10.0 Å². The Morgan fingerprint density at radius 2 is 1.43 bits per heavy atom. The molecule has 0 spiro atoms. The summed E-state index contributed by atoms with van der Waals surface area (Å²) in [6.07, 6.45) is 0. The van der Waals surface area contributed by atoms with Gasteiger partial charge in [-0.3, -0.25) is 9.69 Å². The SMILES string of the molecule is Cc1ccc(C(=O)N2CCN([C@@H]3c4cccc5cccc(c45)[C@@H]3NS(=O)(=O)c3ccccc3)CC2)cc1. The van der Waals surface area contributed by atoms with Gasteiger partial charge in [-0.25, -0.2) is 13.1 Å². The minimum Gasteiger partial charge on any atom is -0.336 e. The first-order valence-corrected chi connectivity index (χ1v) is 14.1. The molecule has 1 amide bonds. The number of aryl methyl sites for hydroxylation is 1. The van der Waals surface area contributed by atoms with Crippen molar-refractivity contribution in [2.75, 3.05) is 26.2 Å². The summed E-state index contributed by atoms with van der Waals surface area (Å²) in [6, 6.07) is 28.0. The van der Waals surface area contributed by atoms with Gasteiger partial charge in [-0.05, 0) is 53.1 Å². The molecule has 1 aliphatic heterocycles. The van der Waals surface area contributed by atoms with Gasteiger partial charge in [0.15, 0.2) is 0 Å². The Hall–Kier alpha value is -3.52. The van der Waals surface area contributed by atoms with Gasteiger partial charge in [0.25, 0.3) is 5.91 Å². The topological polar surface area (TPSA) is 69.7 Å². The van der Waals surface area contributed by atoms with Crippen LogP contribution in [0.4, 0.5) is 0 Å². The lowest BCUT2D eigenvalue weighted by Crippen LogP contribution is -2.51. The molecule has 2 atom stereocenters. The molecular formula is C30H29N3O3S. The number of sulfonamides is 1. The summed E-state index contributed by atoms with van der Waals surface area (Å²) in [5.41, 5.74) is 3.95. The predicted octanol–water partition coefficient (Wildman–Crippen LogP) is 4.68. The zero-order valence-corrected chi connectivity index (χ0v) is 21.5. The third-order valence-electron chi connectivity index (χ3n) is 7.57. The third kappa shape index (κ3) is 4.33. The maximum Gasteiger partial charge on any atom is 0.253 e. The number of nitrogens with zero attached hydrogens (tertiary/aromatic N) is 2. The van der Waals surface area contributed by atoms with Crippen LogP contribution >= 0.6 is 0 Å². The molecule has 0 unspecified atom stereocenters. The van der Waals surface area contributed by atoms with Gasteiger partial charge < -0.3 is 4.90 Å². The van der Waals surface area contributed by atoms with Gasteiger partial charge in [-0.1, -0.05) is 72.3 Å². The van der Waals surface area contributed by atoms with Crippen LogP contribution in [0.2, 0.25) is 0 Å². The van der Waals surface area contributed by atoms with Gasteiger partial charge in [-0.15, -0.1) is 0 Å². The van der Waals surface area contributed by atoms with E-state index in [0.29, 0.717) is 31.7 Å². The lowest BCUT2D eigenvalue weighted by molar-refractivity contribution is 0.0539. The van der Waals surface area contributed by atoms with Crippen LogP contribution in [-0.2, 0) is 10.0 Å². The quantitative estimate of drug-likeness (QED) is 0.422. The van der Waals surface area contributed by atoms with E-state index < -0.39 is 16.1 Å². The van der Waals surface area contributed by atoms with Crippen LogP contribution in [0.5, 0.6) is 0 Å². The summed E-state index contributed by atoms with van der Waals surface area (Å²) in [7, 11) is -3.73. The lowest BCUT2D eigenvalue weighted by Gasteiger charge is -2.40. The molecule has 2 aliphatic rings. The molecule has 1 saturated heterocycles. The summed E-state index contributed by atoms with van der Waals surface area (Å²) in [5.74, 6) is 0.0396. The van der Waals surface area contributed by atoms with E-state index in [1.165, 1.54) is 0 Å². The molecule has 4 aromatic carbocycles. The van der Waals surface area contributed by atoms with E-state index in [4.69, 9.17) is 0 Å². The molecule has 1 heterocycles. The van der Waals surface area contributed by atoms with Gasteiger partial charge in [-0.2, -0.15) is 0 Å². The summed E-state index contributed by atoms with van der Waals surface area (Å²) < 4.78 is 29.9. The van der Waals surface area contributed by atoms with Crippen LogP contribution in [0.1, 0.15) is 39.1 Å². The van der Waals surface area contributed by atoms with Gasteiger partial charge in [0, 0.05) is 31.7 Å². The molecular weight excluding hydrogens is 482 g/mol. The van der Waals surface area contributed by atoms with Crippen LogP contribution in [-0.4, -0.2) is 50.3 Å². The average Bonchev–Trinajstić information content (AvgIpc) is 3.23. The zero-order valence-electron chi connectivity index (χ0n) is 20.7. The normalized spacial score (nSPS) is 19.9. The third-order valence-corrected chi connectivity index (χ3v) is 9.02. The van der Waals surface area contributed by atoms with Gasteiger partial charge in [0.1, 0.15) is 0 Å². The van der Waals surface area contributed by atoms with Crippen molar-refractivity contribution in [3.05, 3.63) is 113 Å². The number of hydrogen-bond donors (Lipinski definition) is 1. The van der Waals surface area contributed by atoms with Crippen molar-refractivity contribution in [3.63, 3.8) is 0 Å². The molecule has 0 radical (unpaired) electrons. The second-order valence-electron chi connectivity index (χ2n) is 9.84. The first-order chi connectivity index (χ1) is 17.9. The number of nitrogens with one attached hydrogen (secondary N) is 1. The Morgan fingerprint density at radius 1 is 0.784 bits per heavy atom. The van der Waals surface area contributed by atoms with E-state index in [9.17, 15) is 13.2 Å². The number of carbonyl (C=O) groups excluding carboxylic acids is 1. The summed E-state index contributed by atoms with van der Waals surface area (Å²) in [6.45, 7) is 4.52. The second kappa shape index (κ2) is 9.41. The van der Waals surface area contributed by atoms with Crippen LogP contribution in [0.3, 0.4) is 0 Å². The van der Waals surface area contributed by atoms with E-state index in [1.54, 1.807) is 24.3 Å². The molecule has 37 heavy (non-hydrogen) atoms. The molecule has 0 aromatic heterocycles. The number of rotatable bonds is 5. The van der Waals surface area contributed by atoms with Crippen molar-refractivity contribution >= 4 is 26.7 Å². The molecule has 6 nitrogen and oxygen atoms in total. The van der Waals surface area contributed by atoms with E-state index in [0.717, 1.165) is 27.5 Å². The van der Waals surface area contributed by atoms with Gasteiger partial charge >= 0.3 is 0 Å². The van der Waals surface area contributed by atoms with E-state index in [-0.39, 0.29) is 16.8 Å². The van der Waals surface area contributed by atoms with E-state index in [1.807, 2.05) is 60.4 Å². The fourth-order valence-electron chi connectivity index (χ4n) is 5.71. The fraction of sp³-hybridized carbons (Fsp3) is 0.233. The highest BCUT2D eigenvalue weighted by Crippen LogP contribution is 2.47.